The number of hydrogen-bond acceptors (Lipinski definition) is 4. The number of aromatic nitrogens is 1. The molecule has 1 saturated heterocycles. The zero-order chi connectivity index (χ0) is 19.1. The highest BCUT2D eigenvalue weighted by atomic mass is 127. The van der Waals surface area contributed by atoms with Crippen molar-refractivity contribution >= 4 is 47.2 Å². The molecule has 28 heavy (non-hydrogen) atoms. The first-order valence-electron chi connectivity index (χ1n) is 9.43. The van der Waals surface area contributed by atoms with Crippen LogP contribution < -0.4 is 10.6 Å². The molecular weight excluding hydrogens is 485 g/mol. The van der Waals surface area contributed by atoms with E-state index in [0.717, 1.165) is 36.0 Å². The van der Waals surface area contributed by atoms with Gasteiger partial charge in [0, 0.05) is 37.1 Å². The highest BCUT2D eigenvalue weighted by Gasteiger charge is 2.19. The Hall–Kier alpha value is -1.68. The van der Waals surface area contributed by atoms with Gasteiger partial charge in [0.1, 0.15) is 5.01 Å². The molecule has 0 radical (unpaired) electrons. The van der Waals surface area contributed by atoms with Crippen LogP contribution >= 0.6 is 35.3 Å². The van der Waals surface area contributed by atoms with Crippen molar-refractivity contribution in [1.82, 2.24) is 20.5 Å². The highest BCUT2D eigenvalue weighted by molar-refractivity contribution is 14.0. The third-order valence-electron chi connectivity index (χ3n) is 4.41. The molecule has 0 unspecified atom stereocenters. The number of thiazole rings is 1. The van der Waals surface area contributed by atoms with Crippen LogP contribution in [0.25, 0.3) is 0 Å². The molecule has 0 atom stereocenters. The van der Waals surface area contributed by atoms with Gasteiger partial charge in [-0.2, -0.15) is 0 Å². The van der Waals surface area contributed by atoms with Crippen LogP contribution in [0, 0.1) is 6.92 Å². The van der Waals surface area contributed by atoms with Crippen LogP contribution in [0.4, 0.5) is 0 Å². The molecule has 2 heterocycles. The van der Waals surface area contributed by atoms with Gasteiger partial charge >= 0.3 is 0 Å². The average molecular weight is 513 g/mol. The van der Waals surface area contributed by atoms with E-state index in [2.05, 4.69) is 58.7 Å². The second kappa shape index (κ2) is 11.4. The number of aliphatic imine (C=N–C) groups is 1. The predicted octanol–water partition coefficient (Wildman–Crippen LogP) is 3.45. The lowest BCUT2D eigenvalue weighted by Gasteiger charge is -2.15. The number of nitrogens with zero attached hydrogens (tertiary/aromatic N) is 3. The van der Waals surface area contributed by atoms with E-state index in [4.69, 9.17) is 0 Å². The molecule has 2 aromatic rings. The lowest BCUT2D eigenvalue weighted by molar-refractivity contribution is -0.128. The Bertz CT molecular complexity index is 790. The Morgan fingerprint density at radius 2 is 2.00 bits per heavy atom. The molecule has 1 aliphatic heterocycles. The van der Waals surface area contributed by atoms with Crippen molar-refractivity contribution in [3.8, 4) is 0 Å². The quantitative estimate of drug-likeness (QED) is 0.338. The number of halogens is 1. The van der Waals surface area contributed by atoms with Crippen molar-refractivity contribution in [2.75, 3.05) is 13.1 Å². The van der Waals surface area contributed by atoms with Gasteiger partial charge in [0.05, 0.1) is 13.1 Å². The van der Waals surface area contributed by atoms with Crippen LogP contribution in [-0.4, -0.2) is 34.8 Å². The SMILES string of the molecule is CCNC(=NCc1ccc(CN2CCCC2=O)cc1)NCc1ncc(C)s1.I. The van der Waals surface area contributed by atoms with Crippen LogP contribution in [0.1, 0.15) is 40.8 Å². The fraction of sp³-hybridized carbons (Fsp3) is 0.450. The Labute approximate surface area is 187 Å². The smallest absolute Gasteiger partial charge is 0.222 e. The maximum Gasteiger partial charge on any atom is 0.222 e. The van der Waals surface area contributed by atoms with Gasteiger partial charge in [0.2, 0.25) is 5.91 Å². The van der Waals surface area contributed by atoms with E-state index in [0.29, 0.717) is 26.1 Å². The third kappa shape index (κ3) is 6.73. The summed E-state index contributed by atoms with van der Waals surface area (Å²) in [7, 11) is 0. The minimum absolute atomic E-state index is 0. The minimum atomic E-state index is 0. The van der Waals surface area contributed by atoms with Crippen molar-refractivity contribution in [1.29, 1.82) is 0 Å². The average Bonchev–Trinajstić information content (AvgIpc) is 3.27. The molecule has 1 amide bonds. The molecule has 0 spiro atoms. The van der Waals surface area contributed by atoms with Crippen LogP contribution in [-0.2, 0) is 24.4 Å². The van der Waals surface area contributed by atoms with Crippen molar-refractivity contribution in [3.05, 3.63) is 51.5 Å². The second-order valence-corrected chi connectivity index (χ2v) is 7.97. The standard InChI is InChI=1S/C20H27N5OS.HI/c1-3-21-20(24-13-18-22-11-15(2)27-18)23-12-16-6-8-17(9-7-16)14-25-10-4-5-19(25)26;/h6-9,11H,3-5,10,12-14H2,1-2H3,(H2,21,23,24);1H. The normalized spacial score (nSPS) is 14.1. The van der Waals surface area contributed by atoms with E-state index in [1.807, 2.05) is 11.1 Å². The summed E-state index contributed by atoms with van der Waals surface area (Å²) in [6, 6.07) is 8.37. The zero-order valence-corrected chi connectivity index (χ0v) is 19.5. The van der Waals surface area contributed by atoms with Gasteiger partial charge in [-0.15, -0.1) is 35.3 Å². The maximum atomic E-state index is 11.7. The van der Waals surface area contributed by atoms with E-state index >= 15 is 0 Å². The Morgan fingerprint density at radius 3 is 2.61 bits per heavy atom. The molecule has 1 aromatic carbocycles. The molecule has 6 nitrogen and oxygen atoms in total. The van der Waals surface area contributed by atoms with E-state index in [9.17, 15) is 4.79 Å². The van der Waals surface area contributed by atoms with Crippen molar-refractivity contribution in [2.24, 2.45) is 4.99 Å². The summed E-state index contributed by atoms with van der Waals surface area (Å²) in [5, 5.41) is 7.65. The van der Waals surface area contributed by atoms with Crippen molar-refractivity contribution < 1.29 is 4.79 Å². The van der Waals surface area contributed by atoms with Crippen LogP contribution in [0.3, 0.4) is 0 Å². The number of guanidine groups is 1. The number of carbonyl (C=O) groups excluding carboxylic acids is 1. The number of likely N-dealkylation sites (tertiary alicyclic amines) is 1. The van der Waals surface area contributed by atoms with E-state index < -0.39 is 0 Å². The zero-order valence-electron chi connectivity index (χ0n) is 16.4. The number of carbonyl (C=O) groups is 1. The summed E-state index contributed by atoms with van der Waals surface area (Å²) in [6.45, 7) is 7.79. The fourth-order valence-electron chi connectivity index (χ4n) is 3.00. The fourth-order valence-corrected chi connectivity index (χ4v) is 3.72. The van der Waals surface area contributed by atoms with Crippen LogP contribution in [0.15, 0.2) is 35.5 Å². The van der Waals surface area contributed by atoms with E-state index in [1.165, 1.54) is 10.4 Å². The lowest BCUT2D eigenvalue weighted by Crippen LogP contribution is -2.36. The monoisotopic (exact) mass is 513 g/mol. The summed E-state index contributed by atoms with van der Waals surface area (Å²) in [6.07, 6.45) is 3.56. The molecule has 1 aliphatic rings. The van der Waals surface area contributed by atoms with Crippen LogP contribution in [0.5, 0.6) is 0 Å². The largest absolute Gasteiger partial charge is 0.357 e. The number of nitrogens with one attached hydrogen (secondary N) is 2. The molecule has 8 heteroatoms. The molecule has 0 bridgehead atoms. The summed E-state index contributed by atoms with van der Waals surface area (Å²) >= 11 is 1.69. The highest BCUT2D eigenvalue weighted by Crippen LogP contribution is 2.15. The number of aryl methyl sites for hydroxylation is 1. The second-order valence-electron chi connectivity index (χ2n) is 6.65. The van der Waals surface area contributed by atoms with Gasteiger partial charge in [-0.1, -0.05) is 24.3 Å². The van der Waals surface area contributed by atoms with Crippen LogP contribution in [0.2, 0.25) is 0 Å². The molecule has 152 valence electrons. The lowest BCUT2D eigenvalue weighted by atomic mass is 10.1. The van der Waals surface area contributed by atoms with Gasteiger partial charge in [-0.3, -0.25) is 4.79 Å². The Balaban J connectivity index is 0.00000280. The molecule has 1 fully saturated rings. The summed E-state index contributed by atoms with van der Waals surface area (Å²) < 4.78 is 0. The Kier molecular flexibility index (Phi) is 9.17. The molecule has 2 N–H and O–H groups in total. The first kappa shape index (κ1) is 22.6. The van der Waals surface area contributed by atoms with Gasteiger partial charge in [-0.25, -0.2) is 9.98 Å². The van der Waals surface area contributed by atoms with Crippen molar-refractivity contribution in [3.63, 3.8) is 0 Å². The molecular formula is C20H28IN5OS. The molecule has 3 rings (SSSR count). The number of benzene rings is 1. The maximum absolute atomic E-state index is 11.7. The molecule has 0 saturated carbocycles. The summed E-state index contributed by atoms with van der Waals surface area (Å²) in [5.41, 5.74) is 2.32. The third-order valence-corrected chi connectivity index (χ3v) is 5.32. The summed E-state index contributed by atoms with van der Waals surface area (Å²) in [4.78, 5) is 23.9. The topological polar surface area (TPSA) is 69.6 Å². The number of rotatable bonds is 7. The van der Waals surface area contributed by atoms with E-state index in [1.54, 1.807) is 11.3 Å². The minimum Gasteiger partial charge on any atom is -0.357 e. The predicted molar refractivity (Wildman–Crippen MR) is 125 cm³/mol. The first-order chi connectivity index (χ1) is 13.1. The van der Waals surface area contributed by atoms with Gasteiger partial charge < -0.3 is 15.5 Å². The van der Waals surface area contributed by atoms with Crippen molar-refractivity contribution in [2.45, 2.75) is 46.3 Å². The first-order valence-corrected chi connectivity index (χ1v) is 10.2. The number of amides is 1. The molecule has 1 aromatic heterocycles. The Morgan fingerprint density at radius 1 is 1.25 bits per heavy atom. The number of hydrogen-bond donors (Lipinski definition) is 2. The van der Waals surface area contributed by atoms with Gasteiger partial charge in [0.25, 0.3) is 0 Å². The van der Waals surface area contributed by atoms with Gasteiger partial charge in [0.15, 0.2) is 5.96 Å². The summed E-state index contributed by atoms with van der Waals surface area (Å²) in [5.74, 6) is 1.05. The van der Waals surface area contributed by atoms with Gasteiger partial charge in [-0.05, 0) is 31.4 Å². The molecule has 0 aliphatic carbocycles. The van der Waals surface area contributed by atoms with E-state index in [-0.39, 0.29) is 29.9 Å².